The Morgan fingerprint density at radius 1 is 1.42 bits per heavy atom. The van der Waals surface area contributed by atoms with Gasteiger partial charge in [0.1, 0.15) is 11.5 Å². The Morgan fingerprint density at radius 2 is 2.25 bits per heavy atom. The lowest BCUT2D eigenvalue weighted by Gasteiger charge is -2.36. The number of rotatable bonds is 4. The number of carbonyl (C=O) groups is 1. The van der Waals surface area contributed by atoms with E-state index in [2.05, 4.69) is 39.0 Å². The van der Waals surface area contributed by atoms with E-state index in [1.165, 1.54) is 24.5 Å². The molecule has 0 aromatic carbocycles. The van der Waals surface area contributed by atoms with Gasteiger partial charge in [-0.3, -0.25) is 9.78 Å². The Balaban J connectivity index is 1.84. The summed E-state index contributed by atoms with van der Waals surface area (Å²) in [4.78, 5) is 26.6. The average molecular weight is 329 g/mol. The van der Waals surface area contributed by atoms with Crippen LogP contribution in [0.2, 0.25) is 0 Å². The molecule has 0 aliphatic carbocycles. The van der Waals surface area contributed by atoms with Crippen molar-refractivity contribution in [1.82, 2.24) is 20.3 Å². The van der Waals surface area contributed by atoms with Crippen LogP contribution in [0.4, 0.5) is 10.2 Å². The summed E-state index contributed by atoms with van der Waals surface area (Å²) < 4.78 is 13.7. The number of aromatic nitrogens is 3. The van der Waals surface area contributed by atoms with E-state index in [1.54, 1.807) is 6.20 Å². The lowest BCUT2D eigenvalue weighted by molar-refractivity contribution is 0.102. The Bertz CT molecular complexity index is 736. The van der Waals surface area contributed by atoms with Crippen molar-refractivity contribution < 1.29 is 9.18 Å². The van der Waals surface area contributed by atoms with E-state index in [4.69, 9.17) is 0 Å². The van der Waals surface area contributed by atoms with Gasteiger partial charge in [0, 0.05) is 31.9 Å². The van der Waals surface area contributed by atoms with Crippen molar-refractivity contribution in [3.63, 3.8) is 0 Å². The molecule has 126 valence electrons. The summed E-state index contributed by atoms with van der Waals surface area (Å²) in [5, 5.41) is 3.47. The first-order valence-electron chi connectivity index (χ1n) is 8.02. The van der Waals surface area contributed by atoms with Gasteiger partial charge in [0.25, 0.3) is 0 Å². The molecule has 24 heavy (non-hydrogen) atoms. The van der Waals surface area contributed by atoms with Crippen LogP contribution in [0.25, 0.3) is 0 Å². The number of nitrogens with zero attached hydrogens (tertiary/aromatic N) is 4. The zero-order valence-corrected chi connectivity index (χ0v) is 13.7. The van der Waals surface area contributed by atoms with Gasteiger partial charge in [0.15, 0.2) is 0 Å². The van der Waals surface area contributed by atoms with Crippen molar-refractivity contribution in [1.29, 1.82) is 0 Å². The second kappa shape index (κ2) is 7.00. The van der Waals surface area contributed by atoms with E-state index in [0.29, 0.717) is 17.8 Å². The predicted molar refractivity (Wildman–Crippen MR) is 88.5 cm³/mol. The molecule has 1 aliphatic heterocycles. The monoisotopic (exact) mass is 329 g/mol. The second-order valence-corrected chi connectivity index (χ2v) is 6.18. The summed E-state index contributed by atoms with van der Waals surface area (Å²) in [7, 11) is 0. The standard InChI is InChI=1S/C17H20FN5O/c1-11(2)14-10-23(7-6-20-14)15-9-19-8-13(22-15)16(24)12-4-3-5-21-17(12)18/h3-5,8-9,11,14,20H,6-7,10H2,1-2H3. The summed E-state index contributed by atoms with van der Waals surface area (Å²) >= 11 is 0. The van der Waals surface area contributed by atoms with Gasteiger partial charge in [-0.1, -0.05) is 13.8 Å². The fraction of sp³-hybridized carbons (Fsp3) is 0.412. The molecule has 1 fully saturated rings. The molecule has 0 spiro atoms. The van der Waals surface area contributed by atoms with E-state index in [-0.39, 0.29) is 11.3 Å². The molecule has 0 amide bonds. The molecule has 7 heteroatoms. The number of hydrogen-bond acceptors (Lipinski definition) is 6. The molecule has 0 saturated carbocycles. The topological polar surface area (TPSA) is 71.0 Å². The van der Waals surface area contributed by atoms with Crippen LogP contribution in [0.15, 0.2) is 30.7 Å². The van der Waals surface area contributed by atoms with Crippen molar-refractivity contribution >= 4 is 11.6 Å². The van der Waals surface area contributed by atoms with Gasteiger partial charge in [-0.15, -0.1) is 0 Å². The van der Waals surface area contributed by atoms with Crippen LogP contribution in [-0.4, -0.2) is 46.4 Å². The molecule has 3 rings (SSSR count). The van der Waals surface area contributed by atoms with Crippen LogP contribution >= 0.6 is 0 Å². The van der Waals surface area contributed by atoms with Crippen LogP contribution in [0.5, 0.6) is 0 Å². The third kappa shape index (κ3) is 3.41. The van der Waals surface area contributed by atoms with Crippen LogP contribution < -0.4 is 10.2 Å². The van der Waals surface area contributed by atoms with Crippen molar-refractivity contribution in [2.75, 3.05) is 24.5 Å². The summed E-state index contributed by atoms with van der Waals surface area (Å²) in [5.41, 5.74) is 0.0309. The van der Waals surface area contributed by atoms with Gasteiger partial charge in [0.2, 0.25) is 11.7 Å². The zero-order valence-electron chi connectivity index (χ0n) is 13.7. The molecule has 0 bridgehead atoms. The van der Waals surface area contributed by atoms with Crippen molar-refractivity contribution in [2.45, 2.75) is 19.9 Å². The third-order valence-corrected chi connectivity index (χ3v) is 4.19. The highest BCUT2D eigenvalue weighted by atomic mass is 19.1. The number of carbonyl (C=O) groups excluding carboxylic acids is 1. The maximum Gasteiger partial charge on any atom is 0.224 e. The molecule has 6 nitrogen and oxygen atoms in total. The van der Waals surface area contributed by atoms with Gasteiger partial charge in [-0.2, -0.15) is 4.39 Å². The summed E-state index contributed by atoms with van der Waals surface area (Å²) in [6, 6.07) is 3.28. The average Bonchev–Trinajstić information content (AvgIpc) is 2.62. The first-order chi connectivity index (χ1) is 11.6. The molecule has 2 aromatic heterocycles. The molecular formula is C17H20FN5O. The van der Waals surface area contributed by atoms with Crippen LogP contribution in [0.3, 0.4) is 0 Å². The lowest BCUT2D eigenvalue weighted by Crippen LogP contribution is -2.53. The Labute approximate surface area is 140 Å². The summed E-state index contributed by atoms with van der Waals surface area (Å²) in [6.07, 6.45) is 4.31. The number of anilines is 1. The number of piperazine rings is 1. The maximum atomic E-state index is 13.7. The Hall–Kier alpha value is -2.41. The highest BCUT2D eigenvalue weighted by molar-refractivity contribution is 6.07. The van der Waals surface area contributed by atoms with E-state index in [1.807, 2.05) is 0 Å². The molecule has 2 aromatic rings. The highest BCUT2D eigenvalue weighted by Gasteiger charge is 2.24. The normalized spacial score (nSPS) is 18.0. The van der Waals surface area contributed by atoms with Crippen LogP contribution in [0, 0.1) is 11.9 Å². The summed E-state index contributed by atoms with van der Waals surface area (Å²) in [5.74, 6) is -0.172. The van der Waals surface area contributed by atoms with Gasteiger partial charge < -0.3 is 10.2 Å². The van der Waals surface area contributed by atoms with E-state index >= 15 is 0 Å². The number of nitrogens with one attached hydrogen (secondary N) is 1. The van der Waals surface area contributed by atoms with Crippen molar-refractivity contribution in [3.05, 3.63) is 47.9 Å². The Morgan fingerprint density at radius 3 is 3.00 bits per heavy atom. The number of ketones is 1. The number of pyridine rings is 1. The minimum Gasteiger partial charge on any atom is -0.352 e. The Kier molecular flexibility index (Phi) is 4.80. The lowest BCUT2D eigenvalue weighted by atomic mass is 10.0. The van der Waals surface area contributed by atoms with Gasteiger partial charge in [-0.25, -0.2) is 9.97 Å². The number of halogens is 1. The van der Waals surface area contributed by atoms with Crippen molar-refractivity contribution in [2.24, 2.45) is 5.92 Å². The first-order valence-corrected chi connectivity index (χ1v) is 8.02. The first kappa shape index (κ1) is 16.4. The van der Waals surface area contributed by atoms with Crippen LogP contribution in [0.1, 0.15) is 29.9 Å². The maximum absolute atomic E-state index is 13.7. The quantitative estimate of drug-likeness (QED) is 0.680. The molecule has 1 N–H and O–H groups in total. The minimum absolute atomic E-state index is 0.0932. The second-order valence-electron chi connectivity index (χ2n) is 6.18. The molecular weight excluding hydrogens is 309 g/mol. The fourth-order valence-corrected chi connectivity index (χ4v) is 2.74. The third-order valence-electron chi connectivity index (χ3n) is 4.19. The highest BCUT2D eigenvalue weighted by Crippen LogP contribution is 2.17. The van der Waals surface area contributed by atoms with Crippen LogP contribution in [-0.2, 0) is 0 Å². The molecule has 3 heterocycles. The minimum atomic E-state index is -0.795. The molecule has 1 unspecified atom stereocenters. The van der Waals surface area contributed by atoms with E-state index in [9.17, 15) is 9.18 Å². The smallest absolute Gasteiger partial charge is 0.224 e. The molecule has 0 radical (unpaired) electrons. The van der Waals surface area contributed by atoms with E-state index in [0.717, 1.165) is 19.6 Å². The fourth-order valence-electron chi connectivity index (χ4n) is 2.74. The summed E-state index contributed by atoms with van der Waals surface area (Å²) in [6.45, 7) is 6.76. The molecule has 1 atom stereocenters. The largest absolute Gasteiger partial charge is 0.352 e. The van der Waals surface area contributed by atoms with Crippen molar-refractivity contribution in [3.8, 4) is 0 Å². The van der Waals surface area contributed by atoms with Gasteiger partial charge in [-0.05, 0) is 18.1 Å². The molecule has 1 saturated heterocycles. The van der Waals surface area contributed by atoms with E-state index < -0.39 is 11.7 Å². The van der Waals surface area contributed by atoms with Gasteiger partial charge in [0.05, 0.1) is 18.0 Å². The predicted octanol–water partition coefficient (Wildman–Crippen LogP) is 1.68. The zero-order chi connectivity index (χ0) is 17.1. The molecule has 1 aliphatic rings. The van der Waals surface area contributed by atoms with Gasteiger partial charge >= 0.3 is 0 Å². The number of hydrogen-bond donors (Lipinski definition) is 1. The SMILES string of the molecule is CC(C)C1CN(c2cncc(C(=O)c3cccnc3F)n2)CCN1.